The number of benzene rings is 1. The summed E-state index contributed by atoms with van der Waals surface area (Å²) in [5, 5.41) is 30.6. The zero-order chi connectivity index (χ0) is 18.2. The Morgan fingerprint density at radius 2 is 1.84 bits per heavy atom. The van der Waals surface area contributed by atoms with Gasteiger partial charge in [0.25, 0.3) is 0 Å². The van der Waals surface area contributed by atoms with Crippen molar-refractivity contribution < 1.29 is 29.6 Å². The van der Waals surface area contributed by atoms with Crippen LogP contribution in [0.15, 0.2) is 24.3 Å². The SMILES string of the molecule is O=C(O)[C@@H](O)CN(C(=O)O)c1ccc(OCCC2CCNCC2)cc1. The number of rotatable bonds is 8. The first kappa shape index (κ1) is 19.0. The van der Waals surface area contributed by atoms with Crippen LogP contribution in [0.4, 0.5) is 10.5 Å². The Hall–Kier alpha value is -2.32. The molecule has 0 aliphatic carbocycles. The van der Waals surface area contributed by atoms with Crippen LogP contribution in [0.1, 0.15) is 19.3 Å². The van der Waals surface area contributed by atoms with E-state index in [1.807, 2.05) is 0 Å². The van der Waals surface area contributed by atoms with Crippen LogP contribution in [0, 0.1) is 5.92 Å². The molecule has 1 atom stereocenters. The number of aliphatic hydroxyl groups is 1. The second kappa shape index (κ2) is 9.24. The Morgan fingerprint density at radius 1 is 1.20 bits per heavy atom. The zero-order valence-electron chi connectivity index (χ0n) is 13.9. The van der Waals surface area contributed by atoms with Crippen LogP contribution in [-0.4, -0.2) is 59.7 Å². The lowest BCUT2D eigenvalue weighted by Gasteiger charge is -2.23. The molecule has 1 amide bonds. The van der Waals surface area contributed by atoms with Gasteiger partial charge in [0.2, 0.25) is 0 Å². The second-order valence-electron chi connectivity index (χ2n) is 6.07. The highest BCUT2D eigenvalue weighted by atomic mass is 16.5. The number of amides is 1. The normalized spacial score (nSPS) is 16.2. The molecule has 1 aliphatic heterocycles. The summed E-state index contributed by atoms with van der Waals surface area (Å²) in [6.45, 7) is 2.16. The van der Waals surface area contributed by atoms with Crippen LogP contribution in [0.3, 0.4) is 0 Å². The van der Waals surface area contributed by atoms with Crippen LogP contribution >= 0.6 is 0 Å². The molecular weight excluding hydrogens is 328 g/mol. The molecule has 1 saturated heterocycles. The number of hydrogen-bond acceptors (Lipinski definition) is 5. The lowest BCUT2D eigenvalue weighted by molar-refractivity contribution is -0.145. The van der Waals surface area contributed by atoms with Crippen LogP contribution in [0.5, 0.6) is 5.75 Å². The summed E-state index contributed by atoms with van der Waals surface area (Å²) in [7, 11) is 0. The molecule has 0 saturated carbocycles. The van der Waals surface area contributed by atoms with Gasteiger partial charge in [-0.1, -0.05) is 0 Å². The van der Waals surface area contributed by atoms with Crippen molar-refractivity contribution in [2.24, 2.45) is 5.92 Å². The molecule has 1 heterocycles. The van der Waals surface area contributed by atoms with E-state index in [2.05, 4.69) is 5.32 Å². The van der Waals surface area contributed by atoms with E-state index in [0.717, 1.165) is 37.3 Å². The van der Waals surface area contributed by atoms with Gasteiger partial charge in [0.15, 0.2) is 6.10 Å². The first-order valence-electron chi connectivity index (χ1n) is 8.32. The Bertz CT molecular complexity index is 571. The summed E-state index contributed by atoms with van der Waals surface area (Å²) in [6.07, 6.45) is 0.177. The number of aliphatic carboxylic acids is 1. The smallest absolute Gasteiger partial charge is 0.411 e. The highest BCUT2D eigenvalue weighted by molar-refractivity contribution is 5.87. The number of carboxylic acid groups (broad SMARTS) is 2. The molecule has 8 nitrogen and oxygen atoms in total. The minimum absolute atomic E-state index is 0.276. The van der Waals surface area contributed by atoms with Gasteiger partial charge in [-0.05, 0) is 62.5 Å². The van der Waals surface area contributed by atoms with Gasteiger partial charge in [0, 0.05) is 5.69 Å². The molecule has 1 aromatic carbocycles. The van der Waals surface area contributed by atoms with Gasteiger partial charge in [-0.3, -0.25) is 4.90 Å². The first-order chi connectivity index (χ1) is 12.0. The predicted molar refractivity (Wildman–Crippen MR) is 91.2 cm³/mol. The van der Waals surface area contributed by atoms with Gasteiger partial charge in [-0.2, -0.15) is 0 Å². The third kappa shape index (κ3) is 5.91. The zero-order valence-corrected chi connectivity index (χ0v) is 13.9. The molecular formula is C17H24N2O6. The molecule has 25 heavy (non-hydrogen) atoms. The predicted octanol–water partition coefficient (Wildman–Crippen LogP) is 1.38. The molecule has 2 rings (SSSR count). The van der Waals surface area contributed by atoms with Crippen molar-refractivity contribution in [3.05, 3.63) is 24.3 Å². The summed E-state index contributed by atoms with van der Waals surface area (Å²) in [6, 6.07) is 6.34. The van der Waals surface area contributed by atoms with E-state index in [0.29, 0.717) is 18.3 Å². The fourth-order valence-corrected chi connectivity index (χ4v) is 2.78. The third-order valence-corrected chi connectivity index (χ3v) is 4.27. The molecule has 1 fully saturated rings. The van der Waals surface area contributed by atoms with Gasteiger partial charge in [-0.15, -0.1) is 0 Å². The van der Waals surface area contributed by atoms with Crippen molar-refractivity contribution in [1.29, 1.82) is 0 Å². The summed E-state index contributed by atoms with van der Waals surface area (Å²) in [5.41, 5.74) is 0.276. The Labute approximate surface area is 146 Å². The maximum Gasteiger partial charge on any atom is 0.411 e. The molecule has 1 aromatic rings. The summed E-state index contributed by atoms with van der Waals surface area (Å²) in [4.78, 5) is 22.8. The lowest BCUT2D eigenvalue weighted by atomic mass is 9.95. The van der Waals surface area contributed by atoms with E-state index in [-0.39, 0.29) is 5.69 Å². The topological polar surface area (TPSA) is 119 Å². The average molecular weight is 352 g/mol. The van der Waals surface area contributed by atoms with Gasteiger partial charge in [-0.25, -0.2) is 9.59 Å². The van der Waals surface area contributed by atoms with E-state index in [4.69, 9.17) is 9.84 Å². The number of carbonyl (C=O) groups is 2. The van der Waals surface area contributed by atoms with Gasteiger partial charge < -0.3 is 25.4 Å². The van der Waals surface area contributed by atoms with Crippen LogP contribution in [0.25, 0.3) is 0 Å². The van der Waals surface area contributed by atoms with Crippen molar-refractivity contribution >= 4 is 17.7 Å². The fourth-order valence-electron chi connectivity index (χ4n) is 2.78. The number of hydrogen-bond donors (Lipinski definition) is 4. The van der Waals surface area contributed by atoms with E-state index in [1.54, 1.807) is 12.1 Å². The number of nitrogens with one attached hydrogen (secondary N) is 1. The molecule has 8 heteroatoms. The minimum Gasteiger partial charge on any atom is -0.494 e. The monoisotopic (exact) mass is 352 g/mol. The highest BCUT2D eigenvalue weighted by Gasteiger charge is 2.23. The van der Waals surface area contributed by atoms with E-state index < -0.39 is 24.7 Å². The molecule has 0 radical (unpaired) electrons. The number of ether oxygens (including phenoxy) is 1. The van der Waals surface area contributed by atoms with Gasteiger partial charge in [0.05, 0.1) is 13.2 Å². The lowest BCUT2D eigenvalue weighted by Crippen LogP contribution is -2.40. The Balaban J connectivity index is 1.88. The molecule has 0 unspecified atom stereocenters. The second-order valence-corrected chi connectivity index (χ2v) is 6.07. The van der Waals surface area contributed by atoms with Crippen molar-refractivity contribution in [1.82, 2.24) is 5.32 Å². The first-order valence-corrected chi connectivity index (χ1v) is 8.32. The summed E-state index contributed by atoms with van der Waals surface area (Å²) < 4.78 is 5.69. The third-order valence-electron chi connectivity index (χ3n) is 4.27. The Kier molecular flexibility index (Phi) is 7.03. The highest BCUT2D eigenvalue weighted by Crippen LogP contribution is 2.21. The standard InChI is InChI=1S/C17H24N2O6/c20-15(16(21)22)11-19(17(23)24)13-1-3-14(4-2-13)25-10-7-12-5-8-18-9-6-12/h1-4,12,15,18,20H,5-11H2,(H,21,22)(H,23,24)/t15-/m0/s1. The van der Waals surface area contributed by atoms with E-state index >= 15 is 0 Å². The molecule has 4 N–H and O–H groups in total. The summed E-state index contributed by atoms with van der Waals surface area (Å²) in [5.74, 6) is -0.175. The number of carboxylic acids is 1. The van der Waals surface area contributed by atoms with Crippen molar-refractivity contribution in [2.45, 2.75) is 25.4 Å². The van der Waals surface area contributed by atoms with Gasteiger partial charge >= 0.3 is 12.1 Å². The fraction of sp³-hybridized carbons (Fsp3) is 0.529. The van der Waals surface area contributed by atoms with Crippen LogP contribution in [0.2, 0.25) is 0 Å². The van der Waals surface area contributed by atoms with Crippen molar-refractivity contribution in [3.8, 4) is 5.75 Å². The molecule has 0 bridgehead atoms. The molecule has 138 valence electrons. The average Bonchev–Trinajstić information content (AvgIpc) is 2.61. The maximum absolute atomic E-state index is 11.3. The number of anilines is 1. The minimum atomic E-state index is -1.78. The van der Waals surface area contributed by atoms with Crippen LogP contribution < -0.4 is 15.0 Å². The molecule has 1 aliphatic rings. The van der Waals surface area contributed by atoms with E-state index in [9.17, 15) is 19.8 Å². The van der Waals surface area contributed by atoms with Crippen LogP contribution in [-0.2, 0) is 4.79 Å². The molecule has 0 spiro atoms. The van der Waals surface area contributed by atoms with Gasteiger partial charge in [0.1, 0.15) is 5.75 Å². The summed E-state index contributed by atoms with van der Waals surface area (Å²) >= 11 is 0. The van der Waals surface area contributed by atoms with Crippen molar-refractivity contribution in [2.75, 3.05) is 31.1 Å². The number of nitrogens with zero attached hydrogens (tertiary/aromatic N) is 1. The van der Waals surface area contributed by atoms with Crippen molar-refractivity contribution in [3.63, 3.8) is 0 Å². The Morgan fingerprint density at radius 3 is 2.40 bits per heavy atom. The molecule has 0 aromatic heterocycles. The quantitative estimate of drug-likeness (QED) is 0.558. The van der Waals surface area contributed by atoms with E-state index in [1.165, 1.54) is 12.1 Å². The largest absolute Gasteiger partial charge is 0.494 e. The maximum atomic E-state index is 11.3. The number of aliphatic hydroxyl groups excluding tert-OH is 1. The number of piperidine rings is 1.